The number of aliphatic hydroxyl groups excluding tert-OH is 1. The van der Waals surface area contributed by atoms with Gasteiger partial charge in [-0.05, 0) is 20.8 Å². The van der Waals surface area contributed by atoms with Crippen LogP contribution in [-0.4, -0.2) is 64.3 Å². The third kappa shape index (κ3) is 4.60. The number of rotatable bonds is 6. The Morgan fingerprint density at radius 1 is 1.24 bits per heavy atom. The van der Waals surface area contributed by atoms with Gasteiger partial charge in [0.2, 0.25) is 0 Å². The van der Waals surface area contributed by atoms with Crippen LogP contribution in [-0.2, 0) is 4.79 Å². The first-order valence-electron chi connectivity index (χ1n) is 5.71. The van der Waals surface area contributed by atoms with Crippen LogP contribution in [0.2, 0.25) is 0 Å². The number of hydrogen-bond acceptors (Lipinski definition) is 3. The molecule has 0 aliphatic carbocycles. The summed E-state index contributed by atoms with van der Waals surface area (Å²) in [6.45, 7) is 5.55. The summed E-state index contributed by atoms with van der Waals surface area (Å²) in [6, 6.07) is -0.908. The van der Waals surface area contributed by atoms with E-state index in [0.717, 1.165) is 0 Å². The maximum absolute atomic E-state index is 12.0. The zero-order chi connectivity index (χ0) is 13.6. The van der Waals surface area contributed by atoms with Gasteiger partial charge in [-0.15, -0.1) is 0 Å². The quantitative estimate of drug-likeness (QED) is 0.719. The number of urea groups is 1. The number of likely N-dealkylation sites (N-methyl/N-ethyl adjacent to an activating group) is 1. The summed E-state index contributed by atoms with van der Waals surface area (Å²) in [5, 5.41) is 17.7. The first-order valence-corrected chi connectivity index (χ1v) is 5.71. The third-order valence-electron chi connectivity index (χ3n) is 2.82. The predicted octanol–water partition coefficient (Wildman–Crippen LogP) is 0.604. The lowest BCUT2D eigenvalue weighted by Gasteiger charge is -2.33. The van der Waals surface area contributed by atoms with Gasteiger partial charge < -0.3 is 20.0 Å². The van der Waals surface area contributed by atoms with Crippen molar-refractivity contribution >= 4 is 12.0 Å². The number of aliphatic hydroxyl groups is 1. The lowest BCUT2D eigenvalue weighted by Crippen LogP contribution is -2.49. The first kappa shape index (κ1) is 15.7. The molecule has 0 aromatic heterocycles. The molecule has 0 aromatic rings. The lowest BCUT2D eigenvalue weighted by atomic mass is 10.2. The van der Waals surface area contributed by atoms with Crippen molar-refractivity contribution in [3.63, 3.8) is 0 Å². The SMILES string of the molecule is CCN(C(=O)N(C)C(C)CO)C(C)CC(=O)O. The molecular formula is C11H22N2O4. The van der Waals surface area contributed by atoms with Crippen molar-refractivity contribution in [3.8, 4) is 0 Å². The highest BCUT2D eigenvalue weighted by Gasteiger charge is 2.25. The zero-order valence-electron chi connectivity index (χ0n) is 10.9. The Labute approximate surface area is 102 Å². The molecule has 6 nitrogen and oxygen atoms in total. The maximum Gasteiger partial charge on any atom is 0.320 e. The average molecular weight is 246 g/mol. The highest BCUT2D eigenvalue weighted by Crippen LogP contribution is 2.09. The molecule has 2 atom stereocenters. The summed E-state index contributed by atoms with van der Waals surface area (Å²) in [4.78, 5) is 25.6. The van der Waals surface area contributed by atoms with Crippen molar-refractivity contribution < 1.29 is 19.8 Å². The van der Waals surface area contributed by atoms with Gasteiger partial charge in [0.25, 0.3) is 0 Å². The highest BCUT2D eigenvalue weighted by atomic mass is 16.4. The Kier molecular flexibility index (Phi) is 6.57. The largest absolute Gasteiger partial charge is 0.481 e. The fourth-order valence-electron chi connectivity index (χ4n) is 1.51. The molecule has 0 saturated carbocycles. The van der Waals surface area contributed by atoms with Crippen molar-refractivity contribution in [1.82, 2.24) is 9.80 Å². The van der Waals surface area contributed by atoms with Gasteiger partial charge in [0.1, 0.15) is 0 Å². The second-order valence-corrected chi connectivity index (χ2v) is 4.16. The lowest BCUT2D eigenvalue weighted by molar-refractivity contribution is -0.138. The normalized spacial score (nSPS) is 13.9. The van der Waals surface area contributed by atoms with Crippen molar-refractivity contribution in [2.24, 2.45) is 0 Å². The second kappa shape index (κ2) is 7.11. The van der Waals surface area contributed by atoms with Gasteiger partial charge in [-0.25, -0.2) is 4.79 Å². The van der Waals surface area contributed by atoms with Crippen LogP contribution in [0, 0.1) is 0 Å². The van der Waals surface area contributed by atoms with Crippen molar-refractivity contribution in [2.45, 2.75) is 39.3 Å². The Morgan fingerprint density at radius 2 is 1.76 bits per heavy atom. The van der Waals surface area contributed by atoms with Crippen LogP contribution in [0.15, 0.2) is 0 Å². The monoisotopic (exact) mass is 246 g/mol. The van der Waals surface area contributed by atoms with E-state index in [2.05, 4.69) is 0 Å². The Hall–Kier alpha value is -1.30. The van der Waals surface area contributed by atoms with Crippen molar-refractivity contribution in [1.29, 1.82) is 0 Å². The molecule has 17 heavy (non-hydrogen) atoms. The predicted molar refractivity (Wildman–Crippen MR) is 63.8 cm³/mol. The molecule has 6 heteroatoms. The van der Waals surface area contributed by atoms with Gasteiger partial charge in [-0.3, -0.25) is 4.79 Å². The molecule has 0 radical (unpaired) electrons. The maximum atomic E-state index is 12.0. The van der Waals surface area contributed by atoms with E-state index in [1.165, 1.54) is 9.80 Å². The van der Waals surface area contributed by atoms with E-state index < -0.39 is 5.97 Å². The molecule has 0 fully saturated rings. The summed E-state index contributed by atoms with van der Waals surface area (Å²) in [5.41, 5.74) is 0. The van der Waals surface area contributed by atoms with E-state index in [1.807, 2.05) is 0 Å². The minimum Gasteiger partial charge on any atom is -0.481 e. The van der Waals surface area contributed by atoms with E-state index >= 15 is 0 Å². The Balaban J connectivity index is 4.64. The fourth-order valence-corrected chi connectivity index (χ4v) is 1.51. The summed E-state index contributed by atoms with van der Waals surface area (Å²) in [6.07, 6.45) is -0.0824. The Morgan fingerprint density at radius 3 is 2.12 bits per heavy atom. The molecule has 2 amide bonds. The van der Waals surface area contributed by atoms with Crippen LogP contribution in [0.3, 0.4) is 0 Å². The molecule has 0 bridgehead atoms. The molecule has 0 heterocycles. The molecular weight excluding hydrogens is 224 g/mol. The standard InChI is InChI=1S/C11H22N2O4/c1-5-13(8(2)6-10(15)16)11(17)12(4)9(3)7-14/h8-9,14H,5-7H2,1-4H3,(H,15,16). The highest BCUT2D eigenvalue weighted by molar-refractivity contribution is 5.76. The summed E-state index contributed by atoms with van der Waals surface area (Å²) < 4.78 is 0. The van der Waals surface area contributed by atoms with E-state index in [-0.39, 0.29) is 31.1 Å². The first-order chi connectivity index (χ1) is 7.84. The molecule has 0 aliphatic heterocycles. The number of carboxylic acids is 1. The number of amides is 2. The minimum atomic E-state index is -0.929. The zero-order valence-corrected chi connectivity index (χ0v) is 10.9. The van der Waals surface area contributed by atoms with Gasteiger partial charge >= 0.3 is 12.0 Å². The molecule has 2 N–H and O–H groups in total. The number of hydrogen-bond donors (Lipinski definition) is 2. The number of carboxylic acid groups (broad SMARTS) is 1. The van der Waals surface area contributed by atoms with E-state index in [0.29, 0.717) is 6.54 Å². The van der Waals surface area contributed by atoms with Crippen molar-refractivity contribution in [3.05, 3.63) is 0 Å². The van der Waals surface area contributed by atoms with Gasteiger partial charge in [0.15, 0.2) is 0 Å². The van der Waals surface area contributed by atoms with Gasteiger partial charge in [0, 0.05) is 19.6 Å². The average Bonchev–Trinajstić information content (AvgIpc) is 2.26. The topological polar surface area (TPSA) is 81.1 Å². The van der Waals surface area contributed by atoms with Crippen LogP contribution in [0.25, 0.3) is 0 Å². The molecule has 0 saturated heterocycles. The molecule has 0 aromatic carbocycles. The summed E-state index contributed by atoms with van der Waals surface area (Å²) in [5.74, 6) is -0.929. The smallest absolute Gasteiger partial charge is 0.320 e. The van der Waals surface area contributed by atoms with Gasteiger partial charge in [-0.2, -0.15) is 0 Å². The van der Waals surface area contributed by atoms with E-state index in [1.54, 1.807) is 27.8 Å². The van der Waals surface area contributed by atoms with Gasteiger partial charge in [-0.1, -0.05) is 0 Å². The van der Waals surface area contributed by atoms with Crippen molar-refractivity contribution in [2.75, 3.05) is 20.2 Å². The minimum absolute atomic E-state index is 0.0824. The molecule has 0 spiro atoms. The molecule has 100 valence electrons. The van der Waals surface area contributed by atoms with E-state index in [9.17, 15) is 9.59 Å². The number of aliphatic carboxylic acids is 1. The summed E-state index contributed by atoms with van der Waals surface area (Å²) >= 11 is 0. The van der Waals surface area contributed by atoms with Crippen LogP contribution < -0.4 is 0 Å². The van der Waals surface area contributed by atoms with Crippen LogP contribution in [0.1, 0.15) is 27.2 Å². The van der Waals surface area contributed by atoms with Crippen LogP contribution in [0.4, 0.5) is 4.79 Å². The molecule has 0 rings (SSSR count). The second-order valence-electron chi connectivity index (χ2n) is 4.16. The van der Waals surface area contributed by atoms with Gasteiger partial charge in [0.05, 0.1) is 19.1 Å². The Bertz CT molecular complexity index is 270. The number of carbonyl (C=O) groups is 2. The molecule has 2 unspecified atom stereocenters. The van der Waals surface area contributed by atoms with E-state index in [4.69, 9.17) is 10.2 Å². The fraction of sp³-hybridized carbons (Fsp3) is 0.818. The van der Waals surface area contributed by atoms with Crippen LogP contribution >= 0.6 is 0 Å². The van der Waals surface area contributed by atoms with Crippen LogP contribution in [0.5, 0.6) is 0 Å². The number of nitrogens with zero attached hydrogens (tertiary/aromatic N) is 2. The summed E-state index contributed by atoms with van der Waals surface area (Å²) in [7, 11) is 1.60. The third-order valence-corrected chi connectivity index (χ3v) is 2.82. The number of carbonyl (C=O) groups excluding carboxylic acids is 1. The molecule has 0 aliphatic rings.